The molecule has 0 N–H and O–H groups in total. The van der Waals surface area contributed by atoms with E-state index >= 15 is 0 Å². The summed E-state index contributed by atoms with van der Waals surface area (Å²) >= 11 is 0. The third-order valence-electron chi connectivity index (χ3n) is 1.37. The molecule has 0 aliphatic carbocycles. The summed E-state index contributed by atoms with van der Waals surface area (Å²) < 4.78 is 4.84. The van der Waals surface area contributed by atoms with E-state index in [-0.39, 0.29) is 65.4 Å². The van der Waals surface area contributed by atoms with Gasteiger partial charge in [-0.25, -0.2) is 29.8 Å². The van der Waals surface area contributed by atoms with Crippen molar-refractivity contribution < 1.29 is 70.2 Å². The van der Waals surface area contributed by atoms with E-state index in [9.17, 15) is 0 Å². The van der Waals surface area contributed by atoms with Gasteiger partial charge in [-0.3, -0.25) is 0 Å². The van der Waals surface area contributed by atoms with Gasteiger partial charge in [-0.1, -0.05) is 6.61 Å². The van der Waals surface area contributed by atoms with Gasteiger partial charge >= 0.3 is 0 Å². The van der Waals surface area contributed by atoms with Crippen molar-refractivity contribution >= 4 is 0 Å². The van der Waals surface area contributed by atoms with Crippen molar-refractivity contribution in [1.29, 1.82) is 0 Å². The van der Waals surface area contributed by atoms with Gasteiger partial charge < -0.3 is 4.74 Å². The van der Waals surface area contributed by atoms with E-state index in [4.69, 9.17) is 4.74 Å². The van der Waals surface area contributed by atoms with Gasteiger partial charge in [0.2, 0.25) is 0 Å². The average molecular weight is 324 g/mol. The Hall–Kier alpha value is 0.998. The van der Waals surface area contributed by atoms with Gasteiger partial charge in [0, 0.05) is 72.5 Å². The summed E-state index contributed by atoms with van der Waals surface area (Å²) in [6.45, 7) is 5.23. The Balaban J connectivity index is 0. The summed E-state index contributed by atoms with van der Waals surface area (Å²) in [5.41, 5.74) is 2.05. The molecule has 0 saturated carbocycles. The Bertz CT molecular complexity index is 231. The molecule has 0 unspecified atom stereocenters. The molecule has 0 fully saturated rings. The minimum atomic E-state index is 0. The molecule has 0 aliphatic rings. The number of rotatable bonds is 3. The second-order valence-electron chi connectivity index (χ2n) is 2.15. The fourth-order valence-electron chi connectivity index (χ4n) is 0.816. The van der Waals surface area contributed by atoms with Crippen LogP contribution in [0.1, 0.15) is 11.1 Å². The van der Waals surface area contributed by atoms with Crippen LogP contribution in [-0.2, 0) is 70.2 Å². The van der Waals surface area contributed by atoms with Gasteiger partial charge in [-0.05, 0) is 0 Å². The number of hydrogen-bond donors (Lipinski definition) is 0. The van der Waals surface area contributed by atoms with Crippen molar-refractivity contribution in [3.63, 3.8) is 0 Å². The number of methoxy groups -OCH3 is 1. The van der Waals surface area contributed by atoms with Crippen LogP contribution in [0.5, 0.6) is 0 Å². The van der Waals surface area contributed by atoms with Crippen LogP contribution in [0, 0.1) is 12.7 Å². The van der Waals surface area contributed by atoms with Crippen LogP contribution >= 0.6 is 0 Å². The normalized spacial score (nSPS) is 7.77. The maximum absolute atomic E-state index is 4.84. The second kappa shape index (κ2) is 9.55. The minimum Gasteiger partial charge on any atom is -0.417 e. The first-order chi connectivity index (χ1) is 5.36. The van der Waals surface area contributed by atoms with E-state index in [1.807, 2.05) is 24.3 Å². The topological polar surface area (TPSA) is 9.23 Å². The van der Waals surface area contributed by atoms with Crippen LogP contribution in [0.15, 0.2) is 30.8 Å². The van der Waals surface area contributed by atoms with Crippen molar-refractivity contribution in [2.24, 2.45) is 0 Å². The summed E-state index contributed by atoms with van der Waals surface area (Å²) in [5, 5.41) is 0. The van der Waals surface area contributed by atoms with Crippen LogP contribution < -0.4 is 0 Å². The molecule has 0 amide bonds. The summed E-state index contributed by atoms with van der Waals surface area (Å²) in [4.78, 5) is 0. The zero-order chi connectivity index (χ0) is 8.10. The zero-order valence-electron chi connectivity index (χ0n) is 7.66. The van der Waals surface area contributed by atoms with Gasteiger partial charge in [0.05, 0.1) is 0 Å². The Morgan fingerprint density at radius 2 is 1.77 bits per heavy atom. The van der Waals surface area contributed by atoms with Gasteiger partial charge in [0.15, 0.2) is 0 Å². The largest absolute Gasteiger partial charge is 0.417 e. The van der Waals surface area contributed by atoms with Crippen molar-refractivity contribution in [3.05, 3.63) is 54.7 Å². The average Bonchev–Trinajstić information content (AvgIpc) is 2.07. The smallest absolute Gasteiger partial charge is 0.0259 e. The molecule has 2 radical (unpaired) electrons. The molecule has 1 rings (SSSR count). The quantitative estimate of drug-likeness (QED) is 0.775. The molecule has 13 heavy (non-hydrogen) atoms. The van der Waals surface area contributed by atoms with Crippen LogP contribution in [0.25, 0.3) is 0 Å². The molecule has 1 aromatic rings. The Labute approximate surface area is 130 Å². The third-order valence-corrected chi connectivity index (χ3v) is 1.37. The molecular formula is C10H10OY2-2. The molecule has 0 spiro atoms. The predicted octanol–water partition coefficient (Wildman–Crippen LogP) is 2.18. The summed E-state index contributed by atoms with van der Waals surface area (Å²) in [7, 11) is 1.63. The van der Waals surface area contributed by atoms with E-state index in [1.54, 1.807) is 13.7 Å². The van der Waals surface area contributed by atoms with E-state index in [0.29, 0.717) is 0 Å². The molecule has 0 atom stereocenters. The molecule has 64 valence electrons. The summed E-state index contributed by atoms with van der Waals surface area (Å²) in [6.07, 6.45) is 2.79. The third kappa shape index (κ3) is 6.14. The fourth-order valence-corrected chi connectivity index (χ4v) is 0.816. The molecule has 0 aliphatic heterocycles. The first kappa shape index (κ1) is 16.4. The standard InChI is InChI=1S/C10H10O.2Y/c1-3-9-4-6-10(7-5-9)8-11-2;;/h4-8H,1H2,2H3;;/q-2;;. The minimum absolute atomic E-state index is 0. The first-order valence-electron chi connectivity index (χ1n) is 3.36. The van der Waals surface area contributed by atoms with Crippen molar-refractivity contribution in [3.8, 4) is 0 Å². The monoisotopic (exact) mass is 324 g/mol. The Morgan fingerprint density at radius 3 is 2.15 bits per heavy atom. The van der Waals surface area contributed by atoms with Crippen LogP contribution in [0.3, 0.4) is 0 Å². The molecule has 0 saturated heterocycles. The van der Waals surface area contributed by atoms with E-state index in [0.717, 1.165) is 11.1 Å². The fraction of sp³-hybridized carbons (Fsp3) is 0.100. The van der Waals surface area contributed by atoms with Crippen LogP contribution in [0.4, 0.5) is 0 Å². The summed E-state index contributed by atoms with van der Waals surface area (Å²) in [5.74, 6) is 0. The van der Waals surface area contributed by atoms with Crippen LogP contribution in [0.2, 0.25) is 0 Å². The Kier molecular flexibility index (Phi) is 12.1. The SMILES string of the molecule is C=[C-]c1ccc([CH-]OC)cc1.[Y].[Y]. The van der Waals surface area contributed by atoms with Crippen molar-refractivity contribution in [2.45, 2.75) is 0 Å². The number of ether oxygens (including phenoxy) is 1. The van der Waals surface area contributed by atoms with Gasteiger partial charge in [-0.15, -0.1) is 0 Å². The molecule has 1 nitrogen and oxygen atoms in total. The zero-order valence-corrected chi connectivity index (χ0v) is 13.3. The van der Waals surface area contributed by atoms with E-state index in [1.165, 1.54) is 0 Å². The van der Waals surface area contributed by atoms with Crippen LogP contribution in [-0.4, -0.2) is 7.11 Å². The predicted molar refractivity (Wildman–Crippen MR) is 44.8 cm³/mol. The second-order valence-corrected chi connectivity index (χ2v) is 2.15. The van der Waals surface area contributed by atoms with Gasteiger partial charge in [0.1, 0.15) is 0 Å². The number of hydrogen-bond acceptors (Lipinski definition) is 1. The molecule has 1 aromatic carbocycles. The molecule has 0 heterocycles. The van der Waals surface area contributed by atoms with Crippen molar-refractivity contribution in [1.82, 2.24) is 0 Å². The van der Waals surface area contributed by atoms with Gasteiger partial charge in [0.25, 0.3) is 0 Å². The van der Waals surface area contributed by atoms with E-state index < -0.39 is 0 Å². The van der Waals surface area contributed by atoms with Gasteiger partial charge in [-0.2, -0.15) is 18.2 Å². The Morgan fingerprint density at radius 1 is 1.23 bits per heavy atom. The maximum Gasteiger partial charge on any atom is 0.0259 e. The van der Waals surface area contributed by atoms with Crippen molar-refractivity contribution in [2.75, 3.05) is 7.11 Å². The molecule has 0 aromatic heterocycles. The maximum atomic E-state index is 4.84. The first-order valence-corrected chi connectivity index (χ1v) is 3.36. The molecule has 3 heteroatoms. The number of benzene rings is 1. The van der Waals surface area contributed by atoms with E-state index in [2.05, 4.69) is 12.7 Å². The summed E-state index contributed by atoms with van der Waals surface area (Å²) in [6, 6.07) is 7.80. The molecule has 0 bridgehead atoms. The molecular weight excluding hydrogens is 314 g/mol.